The average molecular weight is 465 g/mol. The summed E-state index contributed by atoms with van der Waals surface area (Å²) in [6.07, 6.45) is -3.86. The highest BCUT2D eigenvalue weighted by atomic mass is 19.4. The molecule has 0 bridgehead atoms. The van der Waals surface area contributed by atoms with Crippen molar-refractivity contribution in [1.29, 1.82) is 0 Å². The summed E-state index contributed by atoms with van der Waals surface area (Å²) >= 11 is 0. The third-order valence-electron chi connectivity index (χ3n) is 5.25. The number of ketones is 1. The molecule has 1 fully saturated rings. The highest BCUT2D eigenvalue weighted by Crippen LogP contribution is 2.34. The van der Waals surface area contributed by atoms with Gasteiger partial charge in [-0.15, -0.1) is 0 Å². The lowest BCUT2D eigenvalue weighted by Gasteiger charge is -2.31. The lowest BCUT2D eigenvalue weighted by atomic mass is 9.87. The summed E-state index contributed by atoms with van der Waals surface area (Å²) in [5, 5.41) is 21.2. The highest BCUT2D eigenvalue weighted by Gasteiger charge is 2.37. The van der Waals surface area contributed by atoms with E-state index in [1.165, 1.54) is 18.2 Å². The number of Topliss-reactive ketones (excluding diaryl/α,β-unsaturated/α-hetero) is 1. The molecule has 1 aliphatic rings. The molecule has 1 saturated heterocycles. The van der Waals surface area contributed by atoms with Gasteiger partial charge in [-0.05, 0) is 25.8 Å². The van der Waals surface area contributed by atoms with Gasteiger partial charge in [0.05, 0.1) is 5.56 Å². The maximum absolute atomic E-state index is 13.3. The number of carboxylic acids is 1. The molecule has 12 heteroatoms. The van der Waals surface area contributed by atoms with Crippen molar-refractivity contribution in [2.75, 3.05) is 24.5 Å². The molecular formula is C21H22F3N5O4. The number of carboxylic acid groups (broad SMARTS) is 1. The van der Waals surface area contributed by atoms with Crippen molar-refractivity contribution in [3.05, 3.63) is 47.2 Å². The van der Waals surface area contributed by atoms with E-state index in [2.05, 4.69) is 22.1 Å². The van der Waals surface area contributed by atoms with E-state index in [0.717, 1.165) is 11.2 Å². The third kappa shape index (κ3) is 5.76. The Balaban J connectivity index is 1.66. The van der Waals surface area contributed by atoms with Crippen molar-refractivity contribution in [2.45, 2.75) is 25.9 Å². The second kappa shape index (κ2) is 9.84. The number of hydrogen-bond acceptors (Lipinski definition) is 8. The molecule has 2 heterocycles. The number of alkyl halides is 3. The number of benzene rings is 1. The maximum Gasteiger partial charge on any atom is 0.417 e. The first kappa shape index (κ1) is 24.0. The largest absolute Gasteiger partial charge is 0.480 e. The number of piperidine rings is 1. The Bertz CT molecular complexity index is 1060. The van der Waals surface area contributed by atoms with E-state index in [1.807, 2.05) is 4.90 Å². The molecule has 0 amide bonds. The zero-order valence-electron chi connectivity index (χ0n) is 17.7. The Kier molecular flexibility index (Phi) is 7.14. The van der Waals surface area contributed by atoms with Crippen LogP contribution in [0, 0.1) is 5.92 Å². The van der Waals surface area contributed by atoms with Crippen molar-refractivity contribution in [3.8, 4) is 0 Å². The predicted octanol–water partition coefficient (Wildman–Crippen LogP) is 3.52. The smallest absolute Gasteiger partial charge is 0.417 e. The van der Waals surface area contributed by atoms with Crippen LogP contribution in [0.1, 0.15) is 41.4 Å². The summed E-state index contributed by atoms with van der Waals surface area (Å²) in [5.41, 5.74) is -0.892. The van der Waals surface area contributed by atoms with Crippen molar-refractivity contribution in [1.82, 2.24) is 10.3 Å². The molecule has 0 radical (unpaired) electrons. The Morgan fingerprint density at radius 3 is 2.58 bits per heavy atom. The molecule has 0 atom stereocenters. The first-order valence-electron chi connectivity index (χ1n) is 10.0. The molecule has 3 rings (SSSR count). The lowest BCUT2D eigenvalue weighted by Crippen LogP contribution is -2.37. The molecule has 0 unspecified atom stereocenters. The fourth-order valence-electron chi connectivity index (χ4n) is 3.58. The van der Waals surface area contributed by atoms with Crippen LogP contribution in [0.25, 0.3) is 0 Å². The summed E-state index contributed by atoms with van der Waals surface area (Å²) in [6, 6.07) is 6.44. The molecule has 176 valence electrons. The summed E-state index contributed by atoms with van der Waals surface area (Å²) in [7, 11) is 0. The quantitative estimate of drug-likeness (QED) is 0.361. The summed E-state index contributed by atoms with van der Waals surface area (Å²) in [5.74, 6) is -1.39. The molecular weight excluding hydrogens is 443 g/mol. The van der Waals surface area contributed by atoms with Crippen LogP contribution in [-0.4, -0.2) is 59.2 Å². The van der Waals surface area contributed by atoms with Gasteiger partial charge in [-0.1, -0.05) is 23.4 Å². The van der Waals surface area contributed by atoms with E-state index in [0.29, 0.717) is 43.2 Å². The van der Waals surface area contributed by atoms with Gasteiger partial charge in [-0.25, -0.2) is 0 Å². The number of carbonyl (C=O) groups excluding carboxylic acids is 1. The number of nitrogens with zero attached hydrogens (tertiary/aromatic N) is 5. The molecule has 1 N–H and O–H groups in total. The molecule has 0 saturated carbocycles. The monoisotopic (exact) mass is 465 g/mol. The molecule has 2 aromatic rings. The molecule has 33 heavy (non-hydrogen) atoms. The second-order valence-electron chi connectivity index (χ2n) is 7.47. The normalized spacial score (nSPS) is 15.4. The van der Waals surface area contributed by atoms with Crippen LogP contribution < -0.4 is 4.90 Å². The minimum absolute atomic E-state index is 0.293. The minimum atomic E-state index is -4.59. The number of aliphatic carboxylic acids is 1. The number of halogens is 3. The summed E-state index contributed by atoms with van der Waals surface area (Å²) in [4.78, 5) is 25.5. The Morgan fingerprint density at radius 2 is 1.97 bits per heavy atom. The molecule has 0 spiro atoms. The molecule has 1 aliphatic heterocycles. The van der Waals surface area contributed by atoms with E-state index in [4.69, 9.17) is 9.63 Å². The van der Waals surface area contributed by atoms with Crippen molar-refractivity contribution in [3.63, 3.8) is 0 Å². The zero-order chi connectivity index (χ0) is 24.2. The maximum atomic E-state index is 13.3. The fraction of sp³-hybridized carbons (Fsp3) is 0.381. The van der Waals surface area contributed by atoms with E-state index >= 15 is 0 Å². The van der Waals surface area contributed by atoms with Crippen molar-refractivity contribution < 1.29 is 32.4 Å². The standard InChI is InChI=1S/C21H22F3N5O4/c1-13(26-29(25-2)12-19(30)31)17-11-18(27-33-17)28-9-7-14(8-10-28)20(32)15-5-3-4-6-16(15)21(22,23)24/h3-6,11,14H,2,7-10,12H2,1H3,(H,30,31)/b26-13+. The van der Waals surface area contributed by atoms with Gasteiger partial charge in [-0.3, -0.25) is 9.59 Å². The second-order valence-corrected chi connectivity index (χ2v) is 7.47. The van der Waals surface area contributed by atoms with E-state index < -0.39 is 36.0 Å². The van der Waals surface area contributed by atoms with E-state index in [9.17, 15) is 22.8 Å². The predicted molar refractivity (Wildman–Crippen MR) is 113 cm³/mol. The molecule has 9 nitrogen and oxygen atoms in total. The first-order valence-corrected chi connectivity index (χ1v) is 10.0. The zero-order valence-corrected chi connectivity index (χ0v) is 17.7. The number of aromatic nitrogens is 1. The molecule has 1 aromatic heterocycles. The van der Waals surface area contributed by atoms with Gasteiger partial charge in [0.2, 0.25) is 0 Å². The average Bonchev–Trinajstić information content (AvgIpc) is 3.28. The van der Waals surface area contributed by atoms with Crippen LogP contribution in [0.5, 0.6) is 0 Å². The Labute approximate surface area is 187 Å². The van der Waals surface area contributed by atoms with Gasteiger partial charge in [0, 0.05) is 37.4 Å². The number of hydrogen-bond donors (Lipinski definition) is 1. The van der Waals surface area contributed by atoms with Crippen LogP contribution >= 0.6 is 0 Å². The molecule has 1 aromatic carbocycles. The lowest BCUT2D eigenvalue weighted by molar-refractivity contribution is -0.139. The van der Waals surface area contributed by atoms with Crippen LogP contribution in [0.3, 0.4) is 0 Å². The van der Waals surface area contributed by atoms with Crippen LogP contribution in [-0.2, 0) is 11.0 Å². The third-order valence-corrected chi connectivity index (χ3v) is 5.25. The van der Waals surface area contributed by atoms with E-state index in [1.54, 1.807) is 13.0 Å². The number of anilines is 1. The topological polar surface area (TPSA) is 112 Å². The summed E-state index contributed by atoms with van der Waals surface area (Å²) < 4.78 is 45.1. The van der Waals surface area contributed by atoms with Crippen LogP contribution in [0.4, 0.5) is 19.0 Å². The first-order chi connectivity index (χ1) is 15.6. The number of hydrazone groups is 2. The fourth-order valence-corrected chi connectivity index (χ4v) is 3.58. The van der Waals surface area contributed by atoms with Crippen LogP contribution in [0.15, 0.2) is 45.1 Å². The molecule has 0 aliphatic carbocycles. The van der Waals surface area contributed by atoms with Crippen molar-refractivity contribution >= 4 is 30.0 Å². The Hall–Kier alpha value is -3.70. The van der Waals surface area contributed by atoms with Gasteiger partial charge in [0.1, 0.15) is 5.71 Å². The van der Waals surface area contributed by atoms with E-state index in [-0.39, 0.29) is 5.56 Å². The highest BCUT2D eigenvalue weighted by molar-refractivity contribution is 5.99. The summed E-state index contributed by atoms with van der Waals surface area (Å²) in [6.45, 7) is 5.20. The van der Waals surface area contributed by atoms with Gasteiger partial charge in [-0.2, -0.15) is 28.5 Å². The van der Waals surface area contributed by atoms with Gasteiger partial charge < -0.3 is 14.5 Å². The minimum Gasteiger partial charge on any atom is -0.480 e. The number of carbonyl (C=O) groups is 2. The van der Waals surface area contributed by atoms with Gasteiger partial charge in [0.25, 0.3) is 0 Å². The Morgan fingerprint density at radius 1 is 1.30 bits per heavy atom. The number of rotatable bonds is 8. The van der Waals surface area contributed by atoms with Gasteiger partial charge >= 0.3 is 12.1 Å². The SMILES string of the molecule is C=NN(CC(=O)O)/N=C(\C)c1cc(N2CCC(C(=O)c3ccccc3C(F)(F)F)CC2)no1. The van der Waals surface area contributed by atoms with Crippen molar-refractivity contribution in [2.24, 2.45) is 16.1 Å². The van der Waals surface area contributed by atoms with Gasteiger partial charge in [0.15, 0.2) is 23.9 Å². The van der Waals surface area contributed by atoms with Crippen LogP contribution in [0.2, 0.25) is 0 Å².